The van der Waals surface area contributed by atoms with E-state index in [1.54, 1.807) is 15.9 Å². The summed E-state index contributed by atoms with van der Waals surface area (Å²) in [7, 11) is 1.99. The molecule has 0 spiro atoms. The Morgan fingerprint density at radius 2 is 1.65 bits per heavy atom. The Morgan fingerprint density at radius 1 is 1.00 bits per heavy atom. The third kappa shape index (κ3) is 3.67. The molecular weight excluding hydrogens is 416 g/mol. The van der Waals surface area contributed by atoms with Gasteiger partial charge >= 0.3 is 0 Å². The largest absolute Gasteiger partial charge is 0.380 e. The normalized spacial score (nSPS) is 19.4. The van der Waals surface area contributed by atoms with Crippen LogP contribution in [0.25, 0.3) is 11.1 Å². The first-order chi connectivity index (χ1) is 14.9. The van der Waals surface area contributed by atoms with Crippen LogP contribution in [0.1, 0.15) is 28.8 Å². The highest BCUT2D eigenvalue weighted by atomic mass is 35.5. The zero-order chi connectivity index (χ0) is 21.8. The number of benzene rings is 2. The lowest BCUT2D eigenvalue weighted by Gasteiger charge is -2.36. The first kappa shape index (κ1) is 20.3. The van der Waals surface area contributed by atoms with Gasteiger partial charge in [-0.3, -0.25) is 9.59 Å². The highest BCUT2D eigenvalue weighted by Gasteiger charge is 2.50. The second-order valence-corrected chi connectivity index (χ2v) is 8.96. The van der Waals surface area contributed by atoms with Gasteiger partial charge in [-0.05, 0) is 47.7 Å². The summed E-state index contributed by atoms with van der Waals surface area (Å²) in [6.07, 6.45) is 1.06. The molecule has 1 saturated heterocycles. The molecule has 2 N–H and O–H groups in total. The van der Waals surface area contributed by atoms with Gasteiger partial charge in [0.2, 0.25) is 0 Å². The summed E-state index contributed by atoms with van der Waals surface area (Å²) in [6.45, 7) is 2.54. The van der Waals surface area contributed by atoms with Crippen LogP contribution in [0.2, 0.25) is 5.02 Å². The fourth-order valence-electron chi connectivity index (χ4n) is 4.27. The maximum absolute atomic E-state index is 13.0. The summed E-state index contributed by atoms with van der Waals surface area (Å²) >= 11 is 6.52. The Balaban J connectivity index is 1.29. The summed E-state index contributed by atoms with van der Waals surface area (Å²) in [5, 5.41) is 12.5. The molecule has 0 bridgehead atoms. The fourth-order valence-corrected chi connectivity index (χ4v) is 4.53. The number of carbonyl (C=O) groups is 2. The van der Waals surface area contributed by atoms with Gasteiger partial charge in [-0.25, -0.2) is 5.43 Å². The van der Waals surface area contributed by atoms with Gasteiger partial charge in [-0.15, -0.1) is 0 Å². The minimum atomic E-state index is -1.16. The molecule has 5 rings (SSSR count). The summed E-state index contributed by atoms with van der Waals surface area (Å²) in [4.78, 5) is 28.7. The SMILES string of the molecule is CN1NCc2ccc(-c3ccc(C(=O)N4CCN(C(=O)C5(O)CC5)CC4)c(Cl)c3)cc21. The summed E-state index contributed by atoms with van der Waals surface area (Å²) < 4.78 is 0. The van der Waals surface area contributed by atoms with E-state index in [-0.39, 0.29) is 11.8 Å². The number of halogens is 1. The van der Waals surface area contributed by atoms with E-state index in [0.29, 0.717) is 49.6 Å². The van der Waals surface area contributed by atoms with Crippen LogP contribution >= 0.6 is 11.6 Å². The van der Waals surface area contributed by atoms with Crippen molar-refractivity contribution in [1.29, 1.82) is 0 Å². The van der Waals surface area contributed by atoms with Crippen molar-refractivity contribution >= 4 is 29.1 Å². The lowest BCUT2D eigenvalue weighted by Crippen LogP contribution is -2.53. The van der Waals surface area contributed by atoms with Crippen molar-refractivity contribution in [2.75, 3.05) is 38.2 Å². The standard InChI is InChI=1S/C23H25ClN4O3/c1-26-20-13-16(2-3-17(20)14-25-26)15-4-5-18(19(24)12-15)21(29)27-8-10-28(11-9-27)22(30)23(31)6-7-23/h2-5,12-13,25,31H,6-11,14H2,1H3. The minimum Gasteiger partial charge on any atom is -0.380 e. The predicted octanol–water partition coefficient (Wildman–Crippen LogP) is 2.27. The molecule has 0 atom stereocenters. The summed E-state index contributed by atoms with van der Waals surface area (Å²) in [6, 6.07) is 11.8. The Morgan fingerprint density at radius 3 is 2.32 bits per heavy atom. The first-order valence-corrected chi connectivity index (χ1v) is 10.9. The van der Waals surface area contributed by atoms with E-state index < -0.39 is 5.60 Å². The van der Waals surface area contributed by atoms with E-state index in [2.05, 4.69) is 23.6 Å². The molecule has 7 nitrogen and oxygen atoms in total. The molecule has 2 fully saturated rings. The number of rotatable bonds is 3. The summed E-state index contributed by atoms with van der Waals surface area (Å²) in [5.74, 6) is -0.344. The summed E-state index contributed by atoms with van der Waals surface area (Å²) in [5.41, 5.74) is 6.96. The van der Waals surface area contributed by atoms with Crippen LogP contribution in [0.5, 0.6) is 0 Å². The van der Waals surface area contributed by atoms with Crippen molar-refractivity contribution in [3.63, 3.8) is 0 Å². The number of nitrogens with zero attached hydrogens (tertiary/aromatic N) is 3. The highest BCUT2D eigenvalue weighted by molar-refractivity contribution is 6.34. The van der Waals surface area contributed by atoms with Crippen molar-refractivity contribution in [2.24, 2.45) is 0 Å². The first-order valence-electron chi connectivity index (χ1n) is 10.6. The third-order valence-corrected chi connectivity index (χ3v) is 6.77. The van der Waals surface area contributed by atoms with Crippen molar-refractivity contribution in [2.45, 2.75) is 25.0 Å². The van der Waals surface area contributed by atoms with Gasteiger partial charge in [0.1, 0.15) is 5.60 Å². The van der Waals surface area contributed by atoms with E-state index in [1.807, 2.05) is 24.2 Å². The predicted molar refractivity (Wildman–Crippen MR) is 119 cm³/mol. The monoisotopic (exact) mass is 440 g/mol. The Hall–Kier alpha value is -2.61. The van der Waals surface area contributed by atoms with E-state index in [4.69, 9.17) is 11.6 Å². The number of piperazine rings is 1. The number of aliphatic hydroxyl groups is 1. The number of hydrazine groups is 1. The molecule has 1 saturated carbocycles. The van der Waals surface area contributed by atoms with Gasteiger partial charge in [0.25, 0.3) is 11.8 Å². The molecule has 2 aromatic carbocycles. The van der Waals surface area contributed by atoms with Gasteiger partial charge in [0.05, 0.1) is 16.3 Å². The molecular formula is C23H25ClN4O3. The number of anilines is 1. The van der Waals surface area contributed by atoms with Gasteiger partial charge in [-0.2, -0.15) is 0 Å². The minimum absolute atomic E-state index is 0.133. The smallest absolute Gasteiger partial charge is 0.255 e. The van der Waals surface area contributed by atoms with Crippen molar-refractivity contribution in [3.05, 3.63) is 52.5 Å². The van der Waals surface area contributed by atoms with E-state index >= 15 is 0 Å². The zero-order valence-corrected chi connectivity index (χ0v) is 18.2. The van der Waals surface area contributed by atoms with Crippen LogP contribution in [-0.2, 0) is 11.3 Å². The van der Waals surface area contributed by atoms with Gasteiger partial charge in [0.15, 0.2) is 0 Å². The number of carbonyl (C=O) groups excluding carboxylic acids is 2. The maximum atomic E-state index is 13.0. The van der Waals surface area contributed by atoms with E-state index in [0.717, 1.165) is 23.4 Å². The molecule has 3 aliphatic rings. The number of hydrogen-bond donors (Lipinski definition) is 2. The number of hydrogen-bond acceptors (Lipinski definition) is 5. The Labute approximate surface area is 186 Å². The van der Waals surface area contributed by atoms with Gasteiger partial charge in [0, 0.05) is 39.8 Å². The van der Waals surface area contributed by atoms with E-state index in [9.17, 15) is 14.7 Å². The van der Waals surface area contributed by atoms with Crippen LogP contribution in [0.4, 0.5) is 5.69 Å². The van der Waals surface area contributed by atoms with Crippen molar-refractivity contribution in [3.8, 4) is 11.1 Å². The molecule has 2 aromatic rings. The van der Waals surface area contributed by atoms with E-state index in [1.165, 1.54) is 5.56 Å². The highest BCUT2D eigenvalue weighted by Crippen LogP contribution is 2.37. The number of amides is 2. The molecule has 2 aliphatic heterocycles. The maximum Gasteiger partial charge on any atom is 0.255 e. The second-order valence-electron chi connectivity index (χ2n) is 8.55. The lowest BCUT2D eigenvalue weighted by molar-refractivity contribution is -0.143. The van der Waals surface area contributed by atoms with Gasteiger partial charge in [-0.1, -0.05) is 29.8 Å². The molecule has 0 unspecified atom stereocenters. The molecule has 162 valence electrons. The Kier molecular flexibility index (Phi) is 4.92. The lowest BCUT2D eigenvalue weighted by atomic mass is 10.0. The zero-order valence-electron chi connectivity index (χ0n) is 17.4. The molecule has 1 aliphatic carbocycles. The third-order valence-electron chi connectivity index (χ3n) is 6.46. The number of nitrogens with one attached hydrogen (secondary N) is 1. The van der Waals surface area contributed by atoms with Crippen LogP contribution in [0, 0.1) is 0 Å². The van der Waals surface area contributed by atoms with Crippen molar-refractivity contribution < 1.29 is 14.7 Å². The topological polar surface area (TPSA) is 76.1 Å². The fraction of sp³-hybridized carbons (Fsp3) is 0.391. The molecule has 0 radical (unpaired) electrons. The average molecular weight is 441 g/mol. The molecule has 31 heavy (non-hydrogen) atoms. The van der Waals surface area contributed by atoms with Crippen molar-refractivity contribution in [1.82, 2.24) is 15.2 Å². The molecule has 2 amide bonds. The van der Waals surface area contributed by atoms with Crippen LogP contribution < -0.4 is 10.4 Å². The number of fused-ring (bicyclic) bond motifs is 1. The quantitative estimate of drug-likeness (QED) is 0.765. The second kappa shape index (κ2) is 7.51. The van der Waals surface area contributed by atoms with Crippen LogP contribution in [-0.4, -0.2) is 65.5 Å². The molecule has 8 heteroatoms. The molecule has 2 heterocycles. The van der Waals surface area contributed by atoms with Crippen LogP contribution in [0.3, 0.4) is 0 Å². The van der Waals surface area contributed by atoms with Gasteiger partial charge < -0.3 is 19.9 Å². The Bertz CT molecular complexity index is 1060. The molecule has 0 aromatic heterocycles. The average Bonchev–Trinajstić information content (AvgIpc) is 3.44. The van der Waals surface area contributed by atoms with Crippen LogP contribution in [0.15, 0.2) is 36.4 Å².